The quantitative estimate of drug-likeness (QED) is 0.859. The number of hydrogen-bond donors (Lipinski definition) is 1. The number of aromatic nitrogens is 2. The van der Waals surface area contributed by atoms with Gasteiger partial charge in [0.2, 0.25) is 0 Å². The van der Waals surface area contributed by atoms with Crippen LogP contribution in [0.1, 0.15) is 24.1 Å². The summed E-state index contributed by atoms with van der Waals surface area (Å²) in [4.78, 5) is 7.88. The lowest BCUT2D eigenvalue weighted by atomic mass is 10.1. The van der Waals surface area contributed by atoms with Gasteiger partial charge in [-0.3, -0.25) is 4.98 Å². The molecule has 1 atom stereocenters. The summed E-state index contributed by atoms with van der Waals surface area (Å²) in [6.45, 7) is 3.81. The predicted molar refractivity (Wildman–Crippen MR) is 70.2 cm³/mol. The lowest BCUT2D eigenvalue weighted by molar-refractivity contribution is 0.616. The van der Waals surface area contributed by atoms with Crippen molar-refractivity contribution in [1.29, 1.82) is 0 Å². The van der Waals surface area contributed by atoms with E-state index in [9.17, 15) is 4.39 Å². The molecule has 0 aromatic carbocycles. The summed E-state index contributed by atoms with van der Waals surface area (Å²) in [6, 6.07) is 3.30. The molecule has 0 saturated carbocycles. The average molecular weight is 266 g/mol. The Kier molecular flexibility index (Phi) is 3.77. The summed E-state index contributed by atoms with van der Waals surface area (Å²) in [6.07, 6.45) is 4.47. The van der Waals surface area contributed by atoms with E-state index in [-0.39, 0.29) is 11.9 Å². The van der Waals surface area contributed by atoms with Crippen LogP contribution in [0, 0.1) is 12.7 Å². The Balaban J connectivity index is 2.16. The van der Waals surface area contributed by atoms with Gasteiger partial charge in [-0.05, 0) is 37.1 Å². The Morgan fingerprint density at radius 3 is 2.72 bits per heavy atom. The number of hydrogen-bond acceptors (Lipinski definition) is 3. The van der Waals surface area contributed by atoms with Crippen LogP contribution in [0.3, 0.4) is 0 Å². The van der Waals surface area contributed by atoms with Crippen molar-refractivity contribution in [2.45, 2.75) is 19.9 Å². The number of halogens is 2. The second-order valence-corrected chi connectivity index (χ2v) is 4.49. The molecular formula is C13H13ClFN3. The molecule has 0 spiro atoms. The minimum absolute atomic E-state index is 0.0597. The molecule has 2 aromatic heterocycles. The Labute approximate surface area is 110 Å². The van der Waals surface area contributed by atoms with Gasteiger partial charge in [-0.25, -0.2) is 9.37 Å². The molecule has 0 aliphatic rings. The molecule has 2 rings (SSSR count). The highest BCUT2D eigenvalue weighted by Crippen LogP contribution is 2.21. The Bertz CT molecular complexity index is 560. The van der Waals surface area contributed by atoms with Gasteiger partial charge in [0, 0.05) is 6.20 Å². The number of pyridine rings is 2. The fraction of sp³-hybridized carbons (Fsp3) is 0.231. The lowest BCUT2D eigenvalue weighted by Gasteiger charge is -2.15. The van der Waals surface area contributed by atoms with E-state index in [1.807, 2.05) is 19.9 Å². The number of nitrogens with zero attached hydrogens (tertiary/aromatic N) is 2. The van der Waals surface area contributed by atoms with E-state index in [0.717, 1.165) is 16.8 Å². The molecule has 1 unspecified atom stereocenters. The van der Waals surface area contributed by atoms with Crippen molar-refractivity contribution in [2.24, 2.45) is 0 Å². The van der Waals surface area contributed by atoms with Gasteiger partial charge in [0.15, 0.2) is 0 Å². The average Bonchev–Trinajstić information content (AvgIpc) is 2.34. The van der Waals surface area contributed by atoms with Gasteiger partial charge in [-0.2, -0.15) is 0 Å². The largest absolute Gasteiger partial charge is 0.377 e. The van der Waals surface area contributed by atoms with Crippen LogP contribution in [0.5, 0.6) is 0 Å². The van der Waals surface area contributed by atoms with Crippen molar-refractivity contribution in [3.8, 4) is 0 Å². The van der Waals surface area contributed by atoms with Gasteiger partial charge in [-0.15, -0.1) is 0 Å². The Hall–Kier alpha value is -1.68. The molecular weight excluding hydrogens is 253 g/mol. The molecule has 1 N–H and O–H groups in total. The molecule has 0 bridgehead atoms. The van der Waals surface area contributed by atoms with Crippen LogP contribution in [0.15, 0.2) is 30.7 Å². The third-order valence-electron chi connectivity index (χ3n) is 2.62. The normalized spacial score (nSPS) is 12.2. The molecule has 2 heterocycles. The smallest absolute Gasteiger partial charge is 0.141 e. The molecule has 5 heteroatoms. The summed E-state index contributed by atoms with van der Waals surface area (Å²) in [7, 11) is 0. The molecule has 18 heavy (non-hydrogen) atoms. The van der Waals surface area contributed by atoms with Crippen molar-refractivity contribution in [3.05, 3.63) is 52.8 Å². The summed E-state index contributed by atoms with van der Waals surface area (Å²) in [5.74, 6) is -0.341. The zero-order valence-electron chi connectivity index (χ0n) is 10.1. The van der Waals surface area contributed by atoms with E-state index in [1.165, 1.54) is 12.3 Å². The molecule has 2 aromatic rings. The molecule has 94 valence electrons. The monoisotopic (exact) mass is 265 g/mol. The molecule has 0 fully saturated rings. The van der Waals surface area contributed by atoms with Crippen LogP contribution < -0.4 is 5.32 Å². The maximum Gasteiger partial charge on any atom is 0.141 e. The van der Waals surface area contributed by atoms with Gasteiger partial charge >= 0.3 is 0 Å². The first-order chi connectivity index (χ1) is 8.56. The summed E-state index contributed by atoms with van der Waals surface area (Å²) < 4.78 is 13.1. The molecule has 0 radical (unpaired) electrons. The molecule has 3 nitrogen and oxygen atoms in total. The topological polar surface area (TPSA) is 37.8 Å². The number of aryl methyl sites for hydroxylation is 1. The first kappa shape index (κ1) is 12.8. The summed E-state index contributed by atoms with van der Waals surface area (Å²) >= 11 is 5.86. The van der Waals surface area contributed by atoms with Crippen molar-refractivity contribution in [3.63, 3.8) is 0 Å². The maximum atomic E-state index is 13.1. The summed E-state index contributed by atoms with van der Waals surface area (Å²) in [5, 5.41) is 3.71. The highest BCUT2D eigenvalue weighted by molar-refractivity contribution is 6.30. The maximum absolute atomic E-state index is 13.1. The fourth-order valence-electron chi connectivity index (χ4n) is 1.64. The molecule has 0 amide bonds. The van der Waals surface area contributed by atoms with Crippen LogP contribution >= 0.6 is 11.6 Å². The van der Waals surface area contributed by atoms with E-state index in [0.29, 0.717) is 5.15 Å². The van der Waals surface area contributed by atoms with Crippen molar-refractivity contribution < 1.29 is 4.39 Å². The van der Waals surface area contributed by atoms with Gasteiger partial charge in [0.05, 0.1) is 24.1 Å². The lowest BCUT2D eigenvalue weighted by Crippen LogP contribution is -2.07. The van der Waals surface area contributed by atoms with Crippen molar-refractivity contribution in [1.82, 2.24) is 9.97 Å². The van der Waals surface area contributed by atoms with Crippen LogP contribution in [0.25, 0.3) is 0 Å². The van der Waals surface area contributed by atoms with Crippen molar-refractivity contribution in [2.75, 3.05) is 5.32 Å². The minimum Gasteiger partial charge on any atom is -0.377 e. The fourth-order valence-corrected chi connectivity index (χ4v) is 1.74. The van der Waals surface area contributed by atoms with Gasteiger partial charge < -0.3 is 5.32 Å². The van der Waals surface area contributed by atoms with E-state index in [4.69, 9.17) is 11.6 Å². The molecule has 0 aliphatic carbocycles. The van der Waals surface area contributed by atoms with Crippen LogP contribution in [0.2, 0.25) is 5.15 Å². The Morgan fingerprint density at radius 1 is 1.28 bits per heavy atom. The SMILES string of the molecule is Cc1cc(NC(C)c2cncc(F)c2)cnc1Cl. The zero-order valence-corrected chi connectivity index (χ0v) is 10.9. The third kappa shape index (κ3) is 2.96. The van der Waals surface area contributed by atoms with E-state index in [2.05, 4.69) is 15.3 Å². The van der Waals surface area contributed by atoms with Gasteiger partial charge in [0.25, 0.3) is 0 Å². The van der Waals surface area contributed by atoms with Crippen LogP contribution in [-0.4, -0.2) is 9.97 Å². The number of rotatable bonds is 3. The first-order valence-electron chi connectivity index (χ1n) is 5.55. The van der Waals surface area contributed by atoms with E-state index >= 15 is 0 Å². The second-order valence-electron chi connectivity index (χ2n) is 4.13. The van der Waals surface area contributed by atoms with Crippen molar-refractivity contribution >= 4 is 17.3 Å². The predicted octanol–water partition coefficient (Wildman–Crippen LogP) is 3.75. The zero-order chi connectivity index (χ0) is 13.1. The van der Waals surface area contributed by atoms with Crippen LogP contribution in [0.4, 0.5) is 10.1 Å². The second kappa shape index (κ2) is 5.31. The first-order valence-corrected chi connectivity index (χ1v) is 5.93. The van der Waals surface area contributed by atoms with E-state index < -0.39 is 0 Å². The highest BCUT2D eigenvalue weighted by atomic mass is 35.5. The molecule has 0 saturated heterocycles. The molecule has 0 aliphatic heterocycles. The number of nitrogens with one attached hydrogen (secondary N) is 1. The Morgan fingerprint density at radius 2 is 2.06 bits per heavy atom. The van der Waals surface area contributed by atoms with E-state index in [1.54, 1.807) is 12.4 Å². The standard InChI is InChI=1S/C13H13ClFN3/c1-8-3-12(7-17-13(8)14)18-9(2)10-4-11(15)6-16-5-10/h3-7,9,18H,1-2H3. The highest BCUT2D eigenvalue weighted by Gasteiger charge is 2.08. The van der Waals surface area contributed by atoms with Crippen LogP contribution in [-0.2, 0) is 0 Å². The van der Waals surface area contributed by atoms with Gasteiger partial charge in [-0.1, -0.05) is 11.6 Å². The third-order valence-corrected chi connectivity index (χ3v) is 3.02. The minimum atomic E-state index is -0.341. The van der Waals surface area contributed by atoms with Gasteiger partial charge in [0.1, 0.15) is 11.0 Å². The summed E-state index contributed by atoms with van der Waals surface area (Å²) in [5.41, 5.74) is 2.52. The number of anilines is 1.